The number of nitrogens with zero attached hydrogens (tertiary/aromatic N) is 1. The Morgan fingerprint density at radius 3 is 2.71 bits per heavy atom. The van der Waals surface area contributed by atoms with Crippen LogP contribution in [-0.4, -0.2) is 50.1 Å². The Morgan fingerprint density at radius 1 is 1.24 bits per heavy atom. The number of hydrogen-bond acceptors (Lipinski definition) is 5. The first kappa shape index (κ1) is 15.3. The molecular formula is C15H20N2O4. The highest BCUT2D eigenvalue weighted by Gasteiger charge is 2.18. The Labute approximate surface area is 124 Å². The van der Waals surface area contributed by atoms with Gasteiger partial charge in [-0.3, -0.25) is 14.5 Å². The highest BCUT2D eigenvalue weighted by molar-refractivity contribution is 5.98. The minimum atomic E-state index is -0.0954. The summed E-state index contributed by atoms with van der Waals surface area (Å²) >= 11 is 0. The quantitative estimate of drug-likeness (QED) is 0.761. The van der Waals surface area contributed by atoms with Crippen molar-refractivity contribution in [2.45, 2.75) is 13.3 Å². The van der Waals surface area contributed by atoms with Crippen LogP contribution >= 0.6 is 0 Å². The lowest BCUT2D eigenvalue weighted by Gasteiger charge is -2.19. The zero-order valence-electron chi connectivity index (χ0n) is 12.3. The van der Waals surface area contributed by atoms with Crippen LogP contribution in [0.1, 0.15) is 23.7 Å². The van der Waals surface area contributed by atoms with E-state index in [0.29, 0.717) is 23.6 Å². The van der Waals surface area contributed by atoms with Crippen molar-refractivity contribution >= 4 is 11.7 Å². The maximum absolute atomic E-state index is 12.3. The summed E-state index contributed by atoms with van der Waals surface area (Å²) in [5, 5.41) is 2.57. The average molecular weight is 292 g/mol. The molecule has 0 spiro atoms. The first-order chi connectivity index (χ1) is 10.1. The van der Waals surface area contributed by atoms with Gasteiger partial charge in [-0.05, 0) is 31.2 Å². The number of fused-ring (bicyclic) bond motifs is 1. The van der Waals surface area contributed by atoms with Crippen LogP contribution in [0.15, 0.2) is 18.2 Å². The summed E-state index contributed by atoms with van der Waals surface area (Å²) in [6.45, 7) is 3.33. The van der Waals surface area contributed by atoms with E-state index >= 15 is 0 Å². The monoisotopic (exact) mass is 292 g/mol. The first-order valence-electron chi connectivity index (χ1n) is 6.99. The van der Waals surface area contributed by atoms with Gasteiger partial charge in [0.25, 0.3) is 0 Å². The van der Waals surface area contributed by atoms with Gasteiger partial charge in [-0.15, -0.1) is 0 Å². The third-order valence-electron chi connectivity index (χ3n) is 3.25. The molecule has 21 heavy (non-hydrogen) atoms. The molecule has 6 nitrogen and oxygen atoms in total. The normalized spacial score (nSPS) is 12.5. The van der Waals surface area contributed by atoms with Gasteiger partial charge in [0.1, 0.15) is 0 Å². The average Bonchev–Trinajstić information content (AvgIpc) is 2.94. The predicted octanol–water partition coefficient (Wildman–Crippen LogP) is 1.06. The molecular weight excluding hydrogens is 272 g/mol. The zero-order chi connectivity index (χ0) is 15.2. The number of carbonyl (C=O) groups excluding carboxylic acids is 2. The standard InChI is InChI=1S/C15H20N2O4/c1-3-6-17(9-15(19)16-2)8-12(18)11-4-5-13-14(7-11)21-10-20-13/h4-5,7H,3,6,8-10H2,1-2H3,(H,16,19). The molecule has 1 aliphatic heterocycles. The zero-order valence-corrected chi connectivity index (χ0v) is 12.3. The number of carbonyl (C=O) groups is 2. The van der Waals surface area contributed by atoms with Gasteiger partial charge >= 0.3 is 0 Å². The van der Waals surface area contributed by atoms with Crippen molar-refractivity contribution in [2.24, 2.45) is 0 Å². The van der Waals surface area contributed by atoms with Crippen LogP contribution in [0.2, 0.25) is 0 Å². The number of ether oxygens (including phenoxy) is 2. The summed E-state index contributed by atoms with van der Waals surface area (Å²) in [5.74, 6) is 1.11. The van der Waals surface area contributed by atoms with Crippen LogP contribution in [0, 0.1) is 0 Å². The molecule has 1 N–H and O–H groups in total. The summed E-state index contributed by atoms with van der Waals surface area (Å²) < 4.78 is 10.5. The van der Waals surface area contributed by atoms with Crippen LogP contribution in [0.4, 0.5) is 0 Å². The van der Waals surface area contributed by atoms with Crippen LogP contribution in [0.3, 0.4) is 0 Å². The maximum atomic E-state index is 12.3. The lowest BCUT2D eigenvalue weighted by molar-refractivity contribution is -0.121. The van der Waals surface area contributed by atoms with Gasteiger partial charge in [-0.25, -0.2) is 0 Å². The summed E-state index contributed by atoms with van der Waals surface area (Å²) in [7, 11) is 1.59. The molecule has 114 valence electrons. The topological polar surface area (TPSA) is 67.9 Å². The van der Waals surface area contributed by atoms with Gasteiger partial charge in [0, 0.05) is 12.6 Å². The van der Waals surface area contributed by atoms with E-state index in [9.17, 15) is 9.59 Å². The van der Waals surface area contributed by atoms with Gasteiger partial charge < -0.3 is 14.8 Å². The predicted molar refractivity (Wildman–Crippen MR) is 77.7 cm³/mol. The molecule has 1 heterocycles. The van der Waals surface area contributed by atoms with E-state index < -0.39 is 0 Å². The number of nitrogens with one attached hydrogen (secondary N) is 1. The Morgan fingerprint density at radius 2 is 2.00 bits per heavy atom. The van der Waals surface area contributed by atoms with Crippen LogP contribution in [0.25, 0.3) is 0 Å². The molecule has 0 saturated carbocycles. The smallest absolute Gasteiger partial charge is 0.233 e. The Balaban J connectivity index is 2.02. The summed E-state index contributed by atoms with van der Waals surface area (Å²) in [6, 6.07) is 5.15. The van der Waals surface area contributed by atoms with E-state index in [4.69, 9.17) is 9.47 Å². The van der Waals surface area contributed by atoms with Crippen molar-refractivity contribution in [3.05, 3.63) is 23.8 Å². The van der Waals surface area contributed by atoms with Crippen LogP contribution in [-0.2, 0) is 4.79 Å². The van der Waals surface area contributed by atoms with Crippen molar-refractivity contribution < 1.29 is 19.1 Å². The highest BCUT2D eigenvalue weighted by Crippen LogP contribution is 2.32. The van der Waals surface area contributed by atoms with Crippen molar-refractivity contribution in [3.8, 4) is 11.5 Å². The molecule has 1 amide bonds. The van der Waals surface area contributed by atoms with Gasteiger partial charge in [-0.2, -0.15) is 0 Å². The first-order valence-corrected chi connectivity index (χ1v) is 6.99. The fourth-order valence-electron chi connectivity index (χ4n) is 2.18. The molecule has 0 radical (unpaired) electrons. The minimum absolute atomic E-state index is 0.0364. The number of rotatable bonds is 7. The Kier molecular flexibility index (Phi) is 5.16. The molecule has 0 bridgehead atoms. The number of likely N-dealkylation sites (N-methyl/N-ethyl adjacent to an activating group) is 1. The summed E-state index contributed by atoms with van der Waals surface area (Å²) in [6.07, 6.45) is 0.880. The largest absolute Gasteiger partial charge is 0.454 e. The van der Waals surface area contributed by atoms with E-state index in [2.05, 4.69) is 5.32 Å². The SMILES string of the molecule is CCCN(CC(=O)NC)CC(=O)c1ccc2c(c1)OCO2. The number of amides is 1. The van der Waals surface area contributed by atoms with E-state index in [1.54, 1.807) is 25.2 Å². The number of ketones is 1. The second kappa shape index (κ2) is 7.08. The van der Waals surface area contributed by atoms with Crippen molar-refractivity contribution in [3.63, 3.8) is 0 Å². The van der Waals surface area contributed by atoms with E-state index in [1.807, 2.05) is 11.8 Å². The van der Waals surface area contributed by atoms with E-state index in [0.717, 1.165) is 6.42 Å². The summed E-state index contributed by atoms with van der Waals surface area (Å²) in [5.41, 5.74) is 0.567. The fourth-order valence-corrected chi connectivity index (χ4v) is 2.18. The lowest BCUT2D eigenvalue weighted by Crippen LogP contribution is -2.39. The van der Waals surface area contributed by atoms with Crippen LogP contribution < -0.4 is 14.8 Å². The fraction of sp³-hybridized carbons (Fsp3) is 0.467. The Hall–Kier alpha value is -2.08. The molecule has 1 aliphatic rings. The molecule has 1 aromatic carbocycles. The van der Waals surface area contributed by atoms with Crippen molar-refractivity contribution in [1.82, 2.24) is 10.2 Å². The van der Waals surface area contributed by atoms with Gasteiger partial charge in [-0.1, -0.05) is 6.92 Å². The van der Waals surface area contributed by atoms with E-state index in [1.165, 1.54) is 0 Å². The maximum Gasteiger partial charge on any atom is 0.233 e. The number of benzene rings is 1. The highest BCUT2D eigenvalue weighted by atomic mass is 16.7. The third kappa shape index (κ3) is 3.95. The molecule has 0 unspecified atom stereocenters. The molecule has 1 aromatic rings. The molecule has 2 rings (SSSR count). The number of hydrogen-bond donors (Lipinski definition) is 1. The molecule has 6 heteroatoms. The van der Waals surface area contributed by atoms with Crippen molar-refractivity contribution in [1.29, 1.82) is 0 Å². The van der Waals surface area contributed by atoms with Crippen LogP contribution in [0.5, 0.6) is 11.5 Å². The van der Waals surface area contributed by atoms with Crippen molar-refractivity contribution in [2.75, 3.05) is 33.5 Å². The third-order valence-corrected chi connectivity index (χ3v) is 3.25. The number of Topliss-reactive ketones (excluding diaryl/α,β-unsaturated/α-hetero) is 1. The second-order valence-electron chi connectivity index (χ2n) is 4.88. The molecule has 0 atom stereocenters. The minimum Gasteiger partial charge on any atom is -0.454 e. The van der Waals surface area contributed by atoms with Gasteiger partial charge in [0.15, 0.2) is 17.3 Å². The molecule has 0 saturated heterocycles. The Bertz CT molecular complexity index is 530. The molecule has 0 aliphatic carbocycles. The molecule has 0 aromatic heterocycles. The second-order valence-corrected chi connectivity index (χ2v) is 4.88. The van der Waals surface area contributed by atoms with Gasteiger partial charge in [0.05, 0.1) is 13.1 Å². The van der Waals surface area contributed by atoms with Gasteiger partial charge in [0.2, 0.25) is 12.7 Å². The van der Waals surface area contributed by atoms with E-state index in [-0.39, 0.29) is 31.6 Å². The lowest BCUT2D eigenvalue weighted by atomic mass is 10.1. The molecule has 0 fully saturated rings. The summed E-state index contributed by atoms with van der Waals surface area (Å²) in [4.78, 5) is 25.6.